The van der Waals surface area contributed by atoms with Crippen LogP contribution in [0, 0.1) is 46.3 Å². The largest absolute Gasteiger partial charge is 0.385 e. The number of hydrogen-bond acceptors (Lipinski definition) is 3. The zero-order chi connectivity index (χ0) is 27.3. The Bertz CT molecular complexity index is 801. The molecule has 0 amide bonds. The van der Waals surface area contributed by atoms with E-state index in [4.69, 9.17) is 9.47 Å². The lowest BCUT2D eigenvalue weighted by molar-refractivity contribution is -0.119. The second-order valence-electron chi connectivity index (χ2n) is 14.8. The number of allylic oxidation sites excluding steroid dienone is 1. The van der Waals surface area contributed by atoms with Gasteiger partial charge in [-0.1, -0.05) is 65.5 Å². The quantitative estimate of drug-likeness (QED) is 0.166. The summed E-state index contributed by atoms with van der Waals surface area (Å²) in [6.45, 7) is 14.1. The van der Waals surface area contributed by atoms with E-state index >= 15 is 0 Å². The van der Waals surface area contributed by atoms with E-state index in [2.05, 4.69) is 40.7 Å². The highest BCUT2D eigenvalue weighted by Gasteiger charge is 2.59. The third kappa shape index (κ3) is 6.62. The fourth-order valence-corrected chi connectivity index (χ4v) is 9.85. The van der Waals surface area contributed by atoms with Crippen molar-refractivity contribution in [3.63, 3.8) is 0 Å². The molecule has 0 aliphatic heterocycles. The van der Waals surface area contributed by atoms with Crippen molar-refractivity contribution in [2.24, 2.45) is 46.3 Å². The fourth-order valence-electron chi connectivity index (χ4n) is 9.85. The number of rotatable bonds is 14. The Morgan fingerprint density at radius 2 is 1.71 bits per heavy atom. The molecule has 4 rings (SSSR count). The molecule has 3 fully saturated rings. The van der Waals surface area contributed by atoms with Gasteiger partial charge in [-0.3, -0.25) is 4.79 Å². The molecule has 0 aromatic heterocycles. The first-order valence-corrected chi connectivity index (χ1v) is 16.5. The van der Waals surface area contributed by atoms with Crippen LogP contribution in [0.15, 0.2) is 11.6 Å². The van der Waals surface area contributed by atoms with Gasteiger partial charge in [-0.15, -0.1) is 0 Å². The van der Waals surface area contributed by atoms with Gasteiger partial charge in [0.2, 0.25) is 0 Å². The van der Waals surface area contributed by atoms with Crippen molar-refractivity contribution in [2.45, 2.75) is 137 Å². The molecule has 0 bridgehead atoms. The summed E-state index contributed by atoms with van der Waals surface area (Å²) >= 11 is 0. The minimum atomic E-state index is 0.353. The number of ether oxygens (including phenoxy) is 2. The van der Waals surface area contributed by atoms with Crippen molar-refractivity contribution >= 4 is 5.78 Å². The second kappa shape index (κ2) is 13.3. The molecule has 0 heterocycles. The van der Waals surface area contributed by atoms with Gasteiger partial charge in [0.1, 0.15) is 5.78 Å². The molecule has 3 nitrogen and oxygen atoms in total. The maximum absolute atomic E-state index is 12.0. The van der Waals surface area contributed by atoms with Gasteiger partial charge >= 0.3 is 0 Å². The maximum Gasteiger partial charge on any atom is 0.133 e. The van der Waals surface area contributed by atoms with Crippen LogP contribution in [0.1, 0.15) is 131 Å². The second-order valence-corrected chi connectivity index (χ2v) is 14.8. The highest BCUT2D eigenvalue weighted by atomic mass is 16.5. The summed E-state index contributed by atoms with van der Waals surface area (Å²) in [6.07, 6.45) is 21.0. The lowest BCUT2D eigenvalue weighted by atomic mass is 9.47. The number of ketones is 1. The number of methoxy groups -OCH3 is 1. The number of hydrogen-bond donors (Lipinski definition) is 0. The van der Waals surface area contributed by atoms with Crippen molar-refractivity contribution in [3.8, 4) is 0 Å². The molecule has 8 atom stereocenters. The number of carbonyl (C=O) groups excluding carboxylic acids is 1. The van der Waals surface area contributed by atoms with E-state index in [0.717, 1.165) is 61.4 Å². The predicted octanol–water partition coefficient (Wildman–Crippen LogP) is 9.19. The van der Waals surface area contributed by atoms with Crippen LogP contribution >= 0.6 is 0 Å². The van der Waals surface area contributed by atoms with Gasteiger partial charge in [0, 0.05) is 33.2 Å². The molecule has 4 aliphatic carbocycles. The van der Waals surface area contributed by atoms with E-state index in [1.165, 1.54) is 64.2 Å². The summed E-state index contributed by atoms with van der Waals surface area (Å²) in [4.78, 5) is 12.0. The Balaban J connectivity index is 1.29. The van der Waals surface area contributed by atoms with Gasteiger partial charge < -0.3 is 9.47 Å². The SMILES string of the molecule is COCCCC(=O)CCCO[C@@H]1CC[C@]2(C)C(=CC[C@@H]3[C@H]4CC[C@@H]([C@@H](C)CCCC(C)C)[C@]4(C)CC[C@H]32)C1. The van der Waals surface area contributed by atoms with Crippen LogP contribution in [-0.4, -0.2) is 32.2 Å². The van der Waals surface area contributed by atoms with Crippen molar-refractivity contribution in [3.05, 3.63) is 11.6 Å². The summed E-state index contributed by atoms with van der Waals surface area (Å²) < 4.78 is 11.4. The molecular weight excluding hydrogens is 468 g/mol. The molecular formula is C35H60O3. The standard InChI is InChI=1S/C35H60O3/c1-25(2)10-7-11-26(3)31-16-17-32-30-15-14-27-24-29(38-23-9-13-28(36)12-8-22-37-6)18-20-34(27,4)33(30)19-21-35(31,32)5/h14,25-26,29-33H,7-13,15-24H2,1-6H3/t26-,29+,30+,31-,32+,33+,34+,35-/m0/s1. The Morgan fingerprint density at radius 3 is 2.45 bits per heavy atom. The summed E-state index contributed by atoms with van der Waals surface area (Å²) in [7, 11) is 1.70. The minimum absolute atomic E-state index is 0.353. The topological polar surface area (TPSA) is 35.5 Å². The Labute approximate surface area is 235 Å². The van der Waals surface area contributed by atoms with Crippen LogP contribution in [0.3, 0.4) is 0 Å². The summed E-state index contributed by atoms with van der Waals surface area (Å²) in [5.41, 5.74) is 2.68. The lowest BCUT2D eigenvalue weighted by Gasteiger charge is -2.58. The van der Waals surface area contributed by atoms with Gasteiger partial charge in [-0.2, -0.15) is 0 Å². The van der Waals surface area contributed by atoms with Crippen molar-refractivity contribution in [1.82, 2.24) is 0 Å². The molecule has 218 valence electrons. The molecule has 3 heteroatoms. The fraction of sp³-hybridized carbons (Fsp3) is 0.914. The number of carbonyl (C=O) groups is 1. The van der Waals surface area contributed by atoms with Gasteiger partial charge in [0.25, 0.3) is 0 Å². The van der Waals surface area contributed by atoms with Crippen LogP contribution in [0.5, 0.6) is 0 Å². The number of fused-ring (bicyclic) bond motifs is 5. The normalized spacial score (nSPS) is 37.3. The molecule has 3 saturated carbocycles. The van der Waals surface area contributed by atoms with Crippen molar-refractivity contribution in [2.75, 3.05) is 20.3 Å². The first-order chi connectivity index (χ1) is 18.2. The van der Waals surface area contributed by atoms with Crippen LogP contribution < -0.4 is 0 Å². The van der Waals surface area contributed by atoms with Gasteiger partial charge in [0.05, 0.1) is 6.10 Å². The van der Waals surface area contributed by atoms with Crippen LogP contribution in [0.2, 0.25) is 0 Å². The number of Topliss-reactive ketones (excluding diaryl/α,β-unsaturated/α-hetero) is 1. The van der Waals surface area contributed by atoms with E-state index in [0.29, 0.717) is 42.2 Å². The minimum Gasteiger partial charge on any atom is -0.385 e. The molecule has 0 aromatic carbocycles. The van der Waals surface area contributed by atoms with Gasteiger partial charge in [-0.05, 0) is 111 Å². The highest BCUT2D eigenvalue weighted by molar-refractivity contribution is 5.78. The zero-order valence-electron chi connectivity index (χ0n) is 25.9. The Morgan fingerprint density at radius 1 is 0.947 bits per heavy atom. The van der Waals surface area contributed by atoms with Crippen molar-refractivity contribution < 1.29 is 14.3 Å². The van der Waals surface area contributed by atoms with Gasteiger partial charge in [0.15, 0.2) is 0 Å². The monoisotopic (exact) mass is 528 g/mol. The molecule has 38 heavy (non-hydrogen) atoms. The Kier molecular flexibility index (Phi) is 10.6. The van der Waals surface area contributed by atoms with Gasteiger partial charge in [-0.25, -0.2) is 0 Å². The molecule has 4 aliphatic rings. The summed E-state index contributed by atoms with van der Waals surface area (Å²) in [6, 6.07) is 0. The van der Waals surface area contributed by atoms with Crippen LogP contribution in [-0.2, 0) is 14.3 Å². The maximum atomic E-state index is 12.0. The molecule has 0 radical (unpaired) electrons. The van der Waals surface area contributed by atoms with Crippen molar-refractivity contribution in [1.29, 1.82) is 0 Å². The molecule has 0 spiro atoms. The average molecular weight is 529 g/mol. The molecule has 0 aromatic rings. The van der Waals surface area contributed by atoms with E-state index in [1.807, 2.05) is 0 Å². The third-order valence-electron chi connectivity index (χ3n) is 12.0. The predicted molar refractivity (Wildman–Crippen MR) is 158 cm³/mol. The lowest BCUT2D eigenvalue weighted by Crippen LogP contribution is -2.51. The Hall–Kier alpha value is -0.670. The van der Waals surface area contributed by atoms with E-state index in [1.54, 1.807) is 12.7 Å². The summed E-state index contributed by atoms with van der Waals surface area (Å²) in [5.74, 6) is 5.73. The van der Waals surface area contributed by atoms with E-state index in [-0.39, 0.29) is 0 Å². The van der Waals surface area contributed by atoms with E-state index in [9.17, 15) is 4.79 Å². The van der Waals surface area contributed by atoms with Crippen LogP contribution in [0.25, 0.3) is 0 Å². The zero-order valence-corrected chi connectivity index (χ0v) is 25.9. The van der Waals surface area contributed by atoms with E-state index < -0.39 is 0 Å². The highest BCUT2D eigenvalue weighted by Crippen LogP contribution is 2.67. The first-order valence-electron chi connectivity index (χ1n) is 16.5. The van der Waals surface area contributed by atoms with Crippen LogP contribution in [0.4, 0.5) is 0 Å². The summed E-state index contributed by atoms with van der Waals surface area (Å²) in [5, 5.41) is 0. The molecule has 0 N–H and O–H groups in total. The third-order valence-corrected chi connectivity index (χ3v) is 12.0. The first kappa shape index (κ1) is 30.3. The molecule has 0 unspecified atom stereocenters. The average Bonchev–Trinajstić information content (AvgIpc) is 3.24. The smallest absolute Gasteiger partial charge is 0.133 e. The molecule has 0 saturated heterocycles.